The van der Waals surface area contributed by atoms with Crippen molar-refractivity contribution in [3.8, 4) is 5.69 Å². The molecule has 1 heterocycles. The highest BCUT2D eigenvalue weighted by atomic mass is 79.9. The number of benzene rings is 3. The highest BCUT2D eigenvalue weighted by molar-refractivity contribution is 9.10. The number of nitrogens with one attached hydrogen (secondary N) is 1. The normalized spacial score (nSPS) is 11.3. The number of nitrogens with zero attached hydrogens (tertiary/aromatic N) is 3. The minimum atomic E-state index is -3.51. The number of sulfone groups is 1. The molecule has 4 rings (SSSR count). The molecule has 1 N–H and O–H groups in total. The van der Waals surface area contributed by atoms with E-state index >= 15 is 0 Å². The number of rotatable bonds is 6. The van der Waals surface area contributed by atoms with Crippen molar-refractivity contribution in [3.05, 3.63) is 101 Å². The highest BCUT2D eigenvalue weighted by Crippen LogP contribution is 2.25. The molecule has 0 aliphatic carbocycles. The number of hydrogen-bond donors (Lipinski definition) is 1. The van der Waals surface area contributed by atoms with Crippen LogP contribution in [0.4, 0.5) is 5.69 Å². The third-order valence-electron chi connectivity index (χ3n) is 4.52. The van der Waals surface area contributed by atoms with Crippen molar-refractivity contribution in [1.82, 2.24) is 14.8 Å². The summed E-state index contributed by atoms with van der Waals surface area (Å²) in [6.45, 7) is 0. The maximum Gasteiger partial charge on any atom is 0.255 e. The van der Waals surface area contributed by atoms with Gasteiger partial charge >= 0.3 is 0 Å². The Bertz CT molecular complexity index is 1320. The lowest BCUT2D eigenvalue weighted by molar-refractivity contribution is 0.102. The zero-order chi connectivity index (χ0) is 21.8. The summed E-state index contributed by atoms with van der Waals surface area (Å²) >= 11 is 3.41. The number of halogens is 1. The molecule has 7 nitrogen and oxygen atoms in total. The van der Waals surface area contributed by atoms with E-state index in [1.54, 1.807) is 71.4 Å². The Balaban J connectivity index is 1.58. The molecule has 31 heavy (non-hydrogen) atoms. The average molecular weight is 497 g/mol. The summed E-state index contributed by atoms with van der Waals surface area (Å²) in [4.78, 5) is 17.1. The van der Waals surface area contributed by atoms with Gasteiger partial charge in [0, 0.05) is 10.0 Å². The van der Waals surface area contributed by atoms with Crippen LogP contribution in [0, 0.1) is 0 Å². The average Bonchev–Trinajstić information content (AvgIpc) is 3.29. The summed E-state index contributed by atoms with van der Waals surface area (Å²) in [6, 6.07) is 20.2. The Kier molecular flexibility index (Phi) is 5.97. The lowest BCUT2D eigenvalue weighted by Gasteiger charge is -2.12. The molecule has 0 bridgehead atoms. The molecule has 0 spiro atoms. The van der Waals surface area contributed by atoms with Crippen molar-refractivity contribution in [2.45, 2.75) is 10.6 Å². The number of anilines is 1. The SMILES string of the molecule is O=C(Nc1cc(Br)ccc1-n1cncn1)c1cccc(CS(=O)(=O)c2ccccc2)c1. The largest absolute Gasteiger partial charge is 0.320 e. The lowest BCUT2D eigenvalue weighted by atomic mass is 10.1. The van der Waals surface area contributed by atoms with Crippen molar-refractivity contribution in [2.75, 3.05) is 5.32 Å². The summed E-state index contributed by atoms with van der Waals surface area (Å²) in [5.74, 6) is -0.558. The van der Waals surface area contributed by atoms with Crippen LogP contribution in [0.15, 0.2) is 94.8 Å². The smallest absolute Gasteiger partial charge is 0.255 e. The van der Waals surface area contributed by atoms with Crippen LogP contribution < -0.4 is 5.32 Å². The van der Waals surface area contributed by atoms with Crippen molar-refractivity contribution in [2.24, 2.45) is 0 Å². The van der Waals surface area contributed by atoms with E-state index in [4.69, 9.17) is 0 Å². The molecule has 0 aliphatic heterocycles. The zero-order valence-corrected chi connectivity index (χ0v) is 18.5. The van der Waals surface area contributed by atoms with Crippen LogP contribution in [0.1, 0.15) is 15.9 Å². The van der Waals surface area contributed by atoms with Crippen LogP contribution in [-0.4, -0.2) is 29.1 Å². The van der Waals surface area contributed by atoms with E-state index in [0.29, 0.717) is 22.5 Å². The van der Waals surface area contributed by atoms with Crippen molar-refractivity contribution >= 4 is 37.4 Å². The van der Waals surface area contributed by atoms with E-state index in [9.17, 15) is 13.2 Å². The summed E-state index contributed by atoms with van der Waals surface area (Å²) in [5.41, 5.74) is 2.07. The van der Waals surface area contributed by atoms with Crippen LogP contribution in [0.25, 0.3) is 5.69 Å². The quantitative estimate of drug-likeness (QED) is 0.430. The van der Waals surface area contributed by atoms with Crippen LogP contribution in [0.2, 0.25) is 0 Å². The molecule has 9 heteroatoms. The highest BCUT2D eigenvalue weighted by Gasteiger charge is 2.17. The van der Waals surface area contributed by atoms with Crippen molar-refractivity contribution in [1.29, 1.82) is 0 Å². The molecule has 0 atom stereocenters. The maximum absolute atomic E-state index is 12.9. The molecule has 1 aromatic heterocycles. The first-order chi connectivity index (χ1) is 14.9. The van der Waals surface area contributed by atoms with Gasteiger partial charge in [-0.2, -0.15) is 5.10 Å². The molecular weight excluding hydrogens is 480 g/mol. The molecule has 1 amide bonds. The van der Waals surface area contributed by atoms with E-state index < -0.39 is 9.84 Å². The molecule has 0 unspecified atom stereocenters. The molecule has 156 valence electrons. The number of hydrogen-bond acceptors (Lipinski definition) is 5. The van der Waals surface area contributed by atoms with Gasteiger partial charge in [-0.1, -0.05) is 46.3 Å². The maximum atomic E-state index is 12.9. The van der Waals surface area contributed by atoms with E-state index in [1.807, 2.05) is 6.07 Å². The second kappa shape index (κ2) is 8.83. The van der Waals surface area contributed by atoms with Gasteiger partial charge < -0.3 is 5.32 Å². The summed E-state index contributed by atoms with van der Waals surface area (Å²) in [6.07, 6.45) is 2.94. The molecule has 0 fully saturated rings. The van der Waals surface area contributed by atoms with Gasteiger partial charge in [0.25, 0.3) is 5.91 Å². The Morgan fingerprint density at radius 2 is 1.81 bits per heavy atom. The van der Waals surface area contributed by atoms with Gasteiger partial charge in [0.05, 0.1) is 22.0 Å². The number of carbonyl (C=O) groups is 1. The Labute approximate surface area is 187 Å². The van der Waals surface area contributed by atoms with Crippen LogP contribution in [0.5, 0.6) is 0 Å². The van der Waals surface area contributed by atoms with Gasteiger partial charge in [0.2, 0.25) is 0 Å². The topological polar surface area (TPSA) is 93.9 Å². The Morgan fingerprint density at radius 3 is 2.55 bits per heavy atom. The van der Waals surface area contributed by atoms with Gasteiger partial charge in [-0.25, -0.2) is 18.1 Å². The van der Waals surface area contributed by atoms with E-state index in [1.165, 1.54) is 12.7 Å². The number of aromatic nitrogens is 3. The first-order valence-electron chi connectivity index (χ1n) is 9.25. The minimum absolute atomic E-state index is 0.195. The van der Waals surface area contributed by atoms with Crippen LogP contribution in [0.3, 0.4) is 0 Å². The van der Waals surface area contributed by atoms with Gasteiger partial charge in [-0.15, -0.1) is 0 Å². The second-order valence-corrected chi connectivity index (χ2v) is 9.63. The predicted octanol–water partition coefficient (Wildman–Crippen LogP) is 4.26. The minimum Gasteiger partial charge on any atom is -0.320 e. The summed E-state index contributed by atoms with van der Waals surface area (Å²) < 4.78 is 27.7. The molecule has 0 saturated heterocycles. The van der Waals surface area contributed by atoms with E-state index in [0.717, 1.165) is 4.47 Å². The first kappa shape index (κ1) is 21.0. The third kappa shape index (κ3) is 4.89. The first-order valence-corrected chi connectivity index (χ1v) is 11.7. The van der Waals surface area contributed by atoms with Gasteiger partial charge in [-0.3, -0.25) is 4.79 Å². The molecule has 0 aliphatic rings. The van der Waals surface area contributed by atoms with Gasteiger partial charge in [-0.05, 0) is 48.0 Å². The van der Waals surface area contributed by atoms with Gasteiger partial charge in [0.15, 0.2) is 9.84 Å². The summed E-state index contributed by atoms with van der Waals surface area (Å²) in [7, 11) is -3.51. The van der Waals surface area contributed by atoms with E-state index in [-0.39, 0.29) is 16.6 Å². The second-order valence-electron chi connectivity index (χ2n) is 6.73. The molecule has 0 saturated carbocycles. The van der Waals surface area contributed by atoms with Crippen LogP contribution >= 0.6 is 15.9 Å². The lowest BCUT2D eigenvalue weighted by Crippen LogP contribution is -2.15. The number of amides is 1. The van der Waals surface area contributed by atoms with Gasteiger partial charge in [0.1, 0.15) is 12.7 Å². The van der Waals surface area contributed by atoms with Crippen molar-refractivity contribution < 1.29 is 13.2 Å². The van der Waals surface area contributed by atoms with E-state index in [2.05, 4.69) is 31.3 Å². The fraction of sp³-hybridized carbons (Fsp3) is 0.0455. The number of carbonyl (C=O) groups excluding carboxylic acids is 1. The Morgan fingerprint density at radius 1 is 1.00 bits per heavy atom. The molecule has 3 aromatic carbocycles. The van der Waals surface area contributed by atoms with Crippen molar-refractivity contribution in [3.63, 3.8) is 0 Å². The predicted molar refractivity (Wildman–Crippen MR) is 121 cm³/mol. The fourth-order valence-corrected chi connectivity index (χ4v) is 4.79. The summed E-state index contributed by atoms with van der Waals surface area (Å²) in [5, 5.41) is 6.98. The Hall–Kier alpha value is -3.30. The molecular formula is C22H17BrN4O3S. The monoisotopic (exact) mass is 496 g/mol. The van der Waals surface area contributed by atoms with Crippen LogP contribution in [-0.2, 0) is 15.6 Å². The third-order valence-corrected chi connectivity index (χ3v) is 6.72. The zero-order valence-electron chi connectivity index (χ0n) is 16.1. The standard InChI is InChI=1S/C22H17BrN4O3S/c23-18-9-10-21(27-15-24-14-25-27)20(12-18)26-22(28)17-6-4-5-16(11-17)13-31(29,30)19-7-2-1-3-8-19/h1-12,14-15H,13H2,(H,26,28). The molecule has 0 radical (unpaired) electrons. The fourth-order valence-electron chi connectivity index (χ4n) is 3.07. The molecule has 4 aromatic rings.